The molecule has 1 fully saturated rings. The van der Waals surface area contributed by atoms with Crippen molar-refractivity contribution in [3.8, 4) is 11.3 Å². The monoisotopic (exact) mass is 415 g/mol. The first-order valence-corrected chi connectivity index (χ1v) is 9.31. The van der Waals surface area contributed by atoms with E-state index in [0.717, 1.165) is 25.9 Å². The first-order chi connectivity index (χ1) is 12.5. The number of hydrogen-bond donors (Lipinski definition) is 1. The number of aromatic nitrogens is 1. The Bertz CT molecular complexity index is 769. The maximum absolute atomic E-state index is 14.3. The molecule has 27 heavy (non-hydrogen) atoms. The third-order valence-corrected chi connectivity index (χ3v) is 5.18. The van der Waals surface area contributed by atoms with E-state index in [1.165, 1.54) is 12.1 Å². The quantitative estimate of drug-likeness (QED) is 0.789. The number of rotatable bonds is 5. The summed E-state index contributed by atoms with van der Waals surface area (Å²) in [5.74, 6) is 0.242. The van der Waals surface area contributed by atoms with Gasteiger partial charge >= 0.3 is 0 Å². The molecule has 0 spiro atoms. The Morgan fingerprint density at radius 1 is 1.41 bits per heavy atom. The highest BCUT2D eigenvalue weighted by atomic mass is 35.5. The maximum atomic E-state index is 14.3. The summed E-state index contributed by atoms with van der Waals surface area (Å²) < 4.78 is 19.5. The van der Waals surface area contributed by atoms with Gasteiger partial charge in [-0.25, -0.2) is 4.39 Å². The Kier molecular flexibility index (Phi) is 7.65. The van der Waals surface area contributed by atoms with Crippen molar-refractivity contribution >= 4 is 29.9 Å². The normalized spacial score (nSPS) is 14.9. The molecular formula is C19H24Cl2FN3O2. The fourth-order valence-electron chi connectivity index (χ4n) is 3.37. The van der Waals surface area contributed by atoms with Gasteiger partial charge in [0.1, 0.15) is 22.8 Å². The SMILES string of the molecule is CCNCC1CCN(C(=O)c2c(-c3c(F)cccc3Cl)noc2C)CC1.Cl. The van der Waals surface area contributed by atoms with Crippen molar-refractivity contribution in [3.63, 3.8) is 0 Å². The van der Waals surface area contributed by atoms with Crippen molar-refractivity contribution in [2.75, 3.05) is 26.2 Å². The number of nitrogens with one attached hydrogen (secondary N) is 1. The third-order valence-electron chi connectivity index (χ3n) is 4.86. The van der Waals surface area contributed by atoms with Gasteiger partial charge in [-0.05, 0) is 50.9 Å². The summed E-state index contributed by atoms with van der Waals surface area (Å²) in [6.07, 6.45) is 1.89. The molecule has 0 unspecified atom stereocenters. The van der Waals surface area contributed by atoms with Crippen LogP contribution in [-0.2, 0) is 0 Å². The number of likely N-dealkylation sites (tertiary alicyclic amines) is 1. The highest BCUT2D eigenvalue weighted by Crippen LogP contribution is 2.34. The fraction of sp³-hybridized carbons (Fsp3) is 0.474. The summed E-state index contributed by atoms with van der Waals surface area (Å²) >= 11 is 6.15. The number of carbonyl (C=O) groups excluding carboxylic acids is 1. The van der Waals surface area contributed by atoms with Gasteiger partial charge in [0.15, 0.2) is 0 Å². The topological polar surface area (TPSA) is 58.4 Å². The van der Waals surface area contributed by atoms with Crippen LogP contribution in [0.1, 0.15) is 35.9 Å². The van der Waals surface area contributed by atoms with Crippen molar-refractivity contribution in [1.29, 1.82) is 0 Å². The molecule has 0 saturated carbocycles. The minimum atomic E-state index is -0.524. The maximum Gasteiger partial charge on any atom is 0.259 e. The van der Waals surface area contributed by atoms with Gasteiger partial charge in [0.05, 0.1) is 10.6 Å². The molecule has 1 aliphatic rings. The minimum Gasteiger partial charge on any atom is -0.360 e. The molecule has 1 aliphatic heterocycles. The lowest BCUT2D eigenvalue weighted by Crippen LogP contribution is -2.41. The summed E-state index contributed by atoms with van der Waals surface area (Å²) in [4.78, 5) is 14.9. The van der Waals surface area contributed by atoms with Crippen LogP contribution in [-0.4, -0.2) is 42.1 Å². The molecule has 1 aromatic heterocycles. The van der Waals surface area contributed by atoms with Gasteiger partial charge in [-0.2, -0.15) is 0 Å². The lowest BCUT2D eigenvalue weighted by atomic mass is 9.95. The van der Waals surface area contributed by atoms with Crippen molar-refractivity contribution in [1.82, 2.24) is 15.4 Å². The second kappa shape index (κ2) is 9.53. The van der Waals surface area contributed by atoms with E-state index in [9.17, 15) is 9.18 Å². The molecule has 2 aromatic rings. The molecule has 1 aromatic carbocycles. The van der Waals surface area contributed by atoms with Crippen LogP contribution in [0.15, 0.2) is 22.7 Å². The highest BCUT2D eigenvalue weighted by molar-refractivity contribution is 6.33. The largest absolute Gasteiger partial charge is 0.360 e. The Labute approximate surface area is 169 Å². The van der Waals surface area contributed by atoms with Crippen molar-refractivity contribution in [2.24, 2.45) is 5.92 Å². The van der Waals surface area contributed by atoms with Crippen molar-refractivity contribution < 1.29 is 13.7 Å². The van der Waals surface area contributed by atoms with Crippen LogP contribution >= 0.6 is 24.0 Å². The van der Waals surface area contributed by atoms with Gasteiger partial charge in [-0.3, -0.25) is 4.79 Å². The number of halogens is 3. The predicted octanol–water partition coefficient (Wildman–Crippen LogP) is 4.33. The van der Waals surface area contributed by atoms with E-state index in [4.69, 9.17) is 16.1 Å². The first kappa shape index (κ1) is 21.7. The molecular weight excluding hydrogens is 392 g/mol. The second-order valence-electron chi connectivity index (χ2n) is 6.60. The smallest absolute Gasteiger partial charge is 0.259 e. The third kappa shape index (κ3) is 4.62. The van der Waals surface area contributed by atoms with Gasteiger partial charge < -0.3 is 14.7 Å². The molecule has 1 N–H and O–H groups in total. The molecule has 5 nitrogen and oxygen atoms in total. The van der Waals surface area contributed by atoms with Crippen LogP contribution in [0.25, 0.3) is 11.3 Å². The Morgan fingerprint density at radius 3 is 2.74 bits per heavy atom. The highest BCUT2D eigenvalue weighted by Gasteiger charge is 2.30. The lowest BCUT2D eigenvalue weighted by molar-refractivity contribution is 0.0689. The number of amides is 1. The van der Waals surface area contributed by atoms with E-state index in [1.54, 1.807) is 17.9 Å². The van der Waals surface area contributed by atoms with Crippen LogP contribution in [0.3, 0.4) is 0 Å². The van der Waals surface area contributed by atoms with Crippen LogP contribution in [0.2, 0.25) is 5.02 Å². The summed E-state index contributed by atoms with van der Waals surface area (Å²) in [5.41, 5.74) is 0.573. The van der Waals surface area contributed by atoms with Gasteiger partial charge in [-0.1, -0.05) is 29.7 Å². The molecule has 0 aliphatic carbocycles. The zero-order chi connectivity index (χ0) is 18.7. The Morgan fingerprint density at radius 2 is 2.11 bits per heavy atom. The van der Waals surface area contributed by atoms with Crippen LogP contribution in [0.5, 0.6) is 0 Å². The summed E-state index contributed by atoms with van der Waals surface area (Å²) in [6, 6.07) is 4.39. The van der Waals surface area contributed by atoms with E-state index in [-0.39, 0.29) is 34.6 Å². The minimum absolute atomic E-state index is 0. The predicted molar refractivity (Wildman–Crippen MR) is 106 cm³/mol. The molecule has 0 bridgehead atoms. The van der Waals surface area contributed by atoms with Gasteiger partial charge in [0.2, 0.25) is 0 Å². The van der Waals surface area contributed by atoms with Crippen LogP contribution < -0.4 is 5.32 Å². The average molecular weight is 416 g/mol. The summed E-state index contributed by atoms with van der Waals surface area (Å²) in [6.45, 7) is 7.01. The summed E-state index contributed by atoms with van der Waals surface area (Å²) in [7, 11) is 0. The molecule has 0 atom stereocenters. The van der Waals surface area contributed by atoms with Gasteiger partial charge in [-0.15, -0.1) is 12.4 Å². The van der Waals surface area contributed by atoms with Gasteiger partial charge in [0.25, 0.3) is 5.91 Å². The Hall–Kier alpha value is -1.63. The number of hydrogen-bond acceptors (Lipinski definition) is 4. The van der Waals surface area contributed by atoms with Crippen molar-refractivity contribution in [2.45, 2.75) is 26.7 Å². The number of aryl methyl sites for hydroxylation is 1. The fourth-order valence-corrected chi connectivity index (χ4v) is 3.62. The average Bonchev–Trinajstić information content (AvgIpc) is 3.01. The molecule has 8 heteroatoms. The molecule has 1 saturated heterocycles. The van der Waals surface area contributed by atoms with E-state index in [0.29, 0.717) is 30.3 Å². The Balaban J connectivity index is 0.00000261. The van der Waals surface area contributed by atoms with Crippen molar-refractivity contribution in [3.05, 3.63) is 40.4 Å². The molecule has 148 valence electrons. The standard InChI is InChI=1S/C19H23ClFN3O2.ClH/c1-3-22-11-13-7-9-24(10-8-13)19(25)16-12(2)26-23-18(16)17-14(20)5-4-6-15(17)21;/h4-6,13,22H,3,7-11H2,1-2H3;1H. The van der Waals surface area contributed by atoms with Crippen LogP contribution in [0, 0.1) is 18.7 Å². The number of piperidine rings is 1. The van der Waals surface area contributed by atoms with E-state index < -0.39 is 5.82 Å². The lowest BCUT2D eigenvalue weighted by Gasteiger charge is -2.32. The second-order valence-corrected chi connectivity index (χ2v) is 7.01. The molecule has 2 heterocycles. The zero-order valence-corrected chi connectivity index (χ0v) is 17.0. The zero-order valence-electron chi connectivity index (χ0n) is 15.4. The molecule has 0 radical (unpaired) electrons. The summed E-state index contributed by atoms with van der Waals surface area (Å²) in [5, 5.41) is 7.48. The van der Waals surface area contributed by atoms with E-state index in [2.05, 4.69) is 17.4 Å². The van der Waals surface area contributed by atoms with E-state index >= 15 is 0 Å². The number of nitrogens with zero attached hydrogens (tertiary/aromatic N) is 2. The van der Waals surface area contributed by atoms with Crippen LogP contribution in [0.4, 0.5) is 4.39 Å². The first-order valence-electron chi connectivity index (χ1n) is 8.93. The molecule has 3 rings (SSSR count). The van der Waals surface area contributed by atoms with Gasteiger partial charge in [0, 0.05) is 13.1 Å². The van der Waals surface area contributed by atoms with E-state index in [1.807, 2.05) is 0 Å². The number of benzene rings is 1. The molecule has 1 amide bonds. The number of carbonyl (C=O) groups is 1.